The highest BCUT2D eigenvalue weighted by Gasteiger charge is 2.07. The standard InChI is InChI=1S/C15H17FN2O2/c1-10(2)20-15-13(4-3-7-17-15)18-9-11-5-6-14(19)12(16)8-11/h3-8,10,18-19H,9H2,1-2H3. The van der Waals surface area contributed by atoms with Crippen LogP contribution >= 0.6 is 0 Å². The van der Waals surface area contributed by atoms with Gasteiger partial charge in [-0.2, -0.15) is 0 Å². The van der Waals surface area contributed by atoms with Gasteiger partial charge in [0.05, 0.1) is 11.8 Å². The Bertz CT molecular complexity index is 588. The number of hydrogen-bond acceptors (Lipinski definition) is 4. The van der Waals surface area contributed by atoms with Crippen LogP contribution in [-0.2, 0) is 6.54 Å². The molecule has 0 atom stereocenters. The highest BCUT2D eigenvalue weighted by Crippen LogP contribution is 2.23. The van der Waals surface area contributed by atoms with E-state index in [0.717, 1.165) is 11.3 Å². The van der Waals surface area contributed by atoms with Crippen molar-refractivity contribution in [2.75, 3.05) is 5.32 Å². The molecule has 4 nitrogen and oxygen atoms in total. The molecule has 0 fully saturated rings. The zero-order chi connectivity index (χ0) is 14.5. The van der Waals surface area contributed by atoms with E-state index >= 15 is 0 Å². The largest absolute Gasteiger partial charge is 0.505 e. The predicted octanol–water partition coefficient (Wildman–Crippen LogP) is 3.33. The summed E-state index contributed by atoms with van der Waals surface area (Å²) in [6, 6.07) is 7.93. The van der Waals surface area contributed by atoms with E-state index < -0.39 is 5.82 Å². The van der Waals surface area contributed by atoms with Gasteiger partial charge in [-0.3, -0.25) is 0 Å². The Morgan fingerprint density at radius 2 is 2.15 bits per heavy atom. The van der Waals surface area contributed by atoms with Gasteiger partial charge in [-0.25, -0.2) is 9.37 Å². The maximum absolute atomic E-state index is 13.2. The minimum atomic E-state index is -0.630. The average Bonchev–Trinajstić information content (AvgIpc) is 2.41. The number of aromatic hydroxyl groups is 1. The van der Waals surface area contributed by atoms with Gasteiger partial charge in [0.25, 0.3) is 0 Å². The fraction of sp³-hybridized carbons (Fsp3) is 0.267. The number of anilines is 1. The van der Waals surface area contributed by atoms with Gasteiger partial charge in [0.15, 0.2) is 11.6 Å². The zero-order valence-corrected chi connectivity index (χ0v) is 11.4. The maximum Gasteiger partial charge on any atom is 0.237 e. The topological polar surface area (TPSA) is 54.4 Å². The van der Waals surface area contributed by atoms with Gasteiger partial charge in [0, 0.05) is 12.7 Å². The van der Waals surface area contributed by atoms with Crippen molar-refractivity contribution in [2.24, 2.45) is 0 Å². The van der Waals surface area contributed by atoms with Gasteiger partial charge in [0.1, 0.15) is 0 Å². The fourth-order valence-corrected chi connectivity index (χ4v) is 1.70. The molecular formula is C15H17FN2O2. The molecule has 5 heteroatoms. The summed E-state index contributed by atoms with van der Waals surface area (Å²) in [5, 5.41) is 12.3. The van der Waals surface area contributed by atoms with Crippen molar-refractivity contribution < 1.29 is 14.2 Å². The monoisotopic (exact) mass is 276 g/mol. The number of hydrogen-bond donors (Lipinski definition) is 2. The second kappa shape index (κ2) is 6.23. The number of aromatic nitrogens is 1. The summed E-state index contributed by atoms with van der Waals surface area (Å²) in [5.74, 6) is -0.463. The molecule has 1 heterocycles. The van der Waals surface area contributed by atoms with Gasteiger partial charge in [-0.05, 0) is 43.7 Å². The summed E-state index contributed by atoms with van der Waals surface area (Å²) in [5.41, 5.74) is 1.47. The van der Waals surface area contributed by atoms with Crippen LogP contribution < -0.4 is 10.1 Å². The number of benzene rings is 1. The Labute approximate surface area is 117 Å². The van der Waals surface area contributed by atoms with Crippen LogP contribution in [0.4, 0.5) is 10.1 Å². The molecule has 0 saturated carbocycles. The number of halogens is 1. The van der Waals surface area contributed by atoms with E-state index in [2.05, 4.69) is 10.3 Å². The lowest BCUT2D eigenvalue weighted by Gasteiger charge is -2.14. The molecule has 0 amide bonds. The van der Waals surface area contributed by atoms with Gasteiger partial charge in [0.2, 0.25) is 5.88 Å². The molecule has 0 bridgehead atoms. The van der Waals surface area contributed by atoms with E-state index in [-0.39, 0.29) is 11.9 Å². The van der Waals surface area contributed by atoms with E-state index in [4.69, 9.17) is 9.84 Å². The molecule has 2 aromatic rings. The molecule has 0 saturated heterocycles. The molecule has 0 aliphatic rings. The lowest BCUT2D eigenvalue weighted by Crippen LogP contribution is -2.10. The first-order chi connectivity index (χ1) is 9.56. The van der Waals surface area contributed by atoms with Crippen molar-refractivity contribution in [1.29, 1.82) is 0 Å². The molecule has 0 radical (unpaired) electrons. The van der Waals surface area contributed by atoms with Crippen LogP contribution in [0.2, 0.25) is 0 Å². The third-order valence-electron chi connectivity index (χ3n) is 2.61. The number of phenolic OH excluding ortho intramolecular Hbond substituents is 1. The van der Waals surface area contributed by atoms with Crippen molar-refractivity contribution >= 4 is 5.69 Å². The first kappa shape index (κ1) is 14.1. The highest BCUT2D eigenvalue weighted by atomic mass is 19.1. The molecule has 1 aromatic heterocycles. The SMILES string of the molecule is CC(C)Oc1ncccc1NCc1ccc(O)c(F)c1. The quantitative estimate of drug-likeness (QED) is 0.879. The molecule has 2 rings (SSSR count). The molecule has 0 unspecified atom stereocenters. The summed E-state index contributed by atoms with van der Waals surface area (Å²) in [6.07, 6.45) is 1.68. The number of nitrogens with zero attached hydrogens (tertiary/aromatic N) is 1. The number of ether oxygens (including phenoxy) is 1. The van der Waals surface area contributed by atoms with Gasteiger partial charge in [-0.15, -0.1) is 0 Å². The van der Waals surface area contributed by atoms with Gasteiger partial charge in [-0.1, -0.05) is 6.07 Å². The Morgan fingerprint density at radius 1 is 1.35 bits per heavy atom. The maximum atomic E-state index is 13.2. The molecule has 0 aliphatic carbocycles. The summed E-state index contributed by atoms with van der Waals surface area (Å²) >= 11 is 0. The van der Waals surface area contributed by atoms with Crippen LogP contribution in [0.25, 0.3) is 0 Å². The third-order valence-corrected chi connectivity index (χ3v) is 2.61. The van der Waals surface area contributed by atoms with Crippen molar-refractivity contribution in [3.63, 3.8) is 0 Å². The van der Waals surface area contributed by atoms with Crippen LogP contribution in [0.5, 0.6) is 11.6 Å². The first-order valence-corrected chi connectivity index (χ1v) is 6.39. The minimum Gasteiger partial charge on any atom is -0.505 e. The Morgan fingerprint density at radius 3 is 2.85 bits per heavy atom. The molecule has 106 valence electrons. The molecule has 20 heavy (non-hydrogen) atoms. The van der Waals surface area contributed by atoms with Crippen LogP contribution in [0.15, 0.2) is 36.5 Å². The van der Waals surface area contributed by atoms with Crippen molar-refractivity contribution in [2.45, 2.75) is 26.5 Å². The zero-order valence-electron chi connectivity index (χ0n) is 11.4. The van der Waals surface area contributed by atoms with E-state index in [0.29, 0.717) is 12.4 Å². The Balaban J connectivity index is 2.08. The van der Waals surface area contributed by atoms with Gasteiger partial charge >= 0.3 is 0 Å². The van der Waals surface area contributed by atoms with E-state index in [1.165, 1.54) is 12.1 Å². The Kier molecular flexibility index (Phi) is 4.40. The molecule has 2 N–H and O–H groups in total. The van der Waals surface area contributed by atoms with Crippen molar-refractivity contribution in [1.82, 2.24) is 4.98 Å². The molecular weight excluding hydrogens is 259 g/mol. The summed E-state index contributed by atoms with van der Waals surface area (Å²) < 4.78 is 18.8. The molecule has 0 aliphatic heterocycles. The summed E-state index contributed by atoms with van der Waals surface area (Å²) in [6.45, 7) is 4.26. The lowest BCUT2D eigenvalue weighted by atomic mass is 10.2. The molecule has 1 aromatic carbocycles. The average molecular weight is 276 g/mol. The third kappa shape index (κ3) is 3.60. The van der Waals surface area contributed by atoms with Crippen LogP contribution in [-0.4, -0.2) is 16.2 Å². The molecule has 0 spiro atoms. The second-order valence-corrected chi connectivity index (χ2v) is 4.66. The minimum absolute atomic E-state index is 0.0246. The number of pyridine rings is 1. The van der Waals surface area contributed by atoms with Crippen LogP contribution in [0, 0.1) is 5.82 Å². The Hall–Kier alpha value is -2.30. The normalized spacial score (nSPS) is 10.6. The highest BCUT2D eigenvalue weighted by molar-refractivity contribution is 5.52. The second-order valence-electron chi connectivity index (χ2n) is 4.66. The summed E-state index contributed by atoms with van der Waals surface area (Å²) in [7, 11) is 0. The van der Waals surface area contributed by atoms with Crippen molar-refractivity contribution in [3.8, 4) is 11.6 Å². The van der Waals surface area contributed by atoms with Gasteiger partial charge < -0.3 is 15.2 Å². The van der Waals surface area contributed by atoms with Crippen molar-refractivity contribution in [3.05, 3.63) is 47.9 Å². The van der Waals surface area contributed by atoms with Crippen LogP contribution in [0.3, 0.4) is 0 Å². The first-order valence-electron chi connectivity index (χ1n) is 6.39. The smallest absolute Gasteiger partial charge is 0.237 e. The van der Waals surface area contributed by atoms with E-state index in [9.17, 15) is 4.39 Å². The van der Waals surface area contributed by atoms with E-state index in [1.54, 1.807) is 18.3 Å². The lowest BCUT2D eigenvalue weighted by molar-refractivity contribution is 0.234. The number of phenols is 1. The predicted molar refractivity (Wildman–Crippen MR) is 75.4 cm³/mol. The summed E-state index contributed by atoms with van der Waals surface area (Å²) in [4.78, 5) is 4.16. The number of nitrogens with one attached hydrogen (secondary N) is 1. The van der Waals surface area contributed by atoms with Crippen LogP contribution in [0.1, 0.15) is 19.4 Å². The van der Waals surface area contributed by atoms with E-state index in [1.807, 2.05) is 19.9 Å². The fourth-order valence-electron chi connectivity index (χ4n) is 1.70. The number of rotatable bonds is 5.